The lowest BCUT2D eigenvalue weighted by Gasteiger charge is -2.42. The summed E-state index contributed by atoms with van der Waals surface area (Å²) in [5, 5.41) is 21.2. The van der Waals surface area contributed by atoms with Gasteiger partial charge >= 0.3 is 18.4 Å². The topological polar surface area (TPSA) is 116 Å². The van der Waals surface area contributed by atoms with E-state index in [1.807, 2.05) is 0 Å². The van der Waals surface area contributed by atoms with Crippen LogP contribution in [0.1, 0.15) is 23.5 Å². The Kier molecular flexibility index (Phi) is 6.82. The first-order valence-electron chi connectivity index (χ1n) is 10.2. The standard InChI is InChI=1S/C22H21F3N2O7/c1-13-9-14(3-8-19(13)34-22(23,24)25)15-10-16(20(28)33-2)12-27(11-15,21(29)30)18-6-4-17(5-7-18)26(31)32/h3-9,15-16H,10-12H2,1-2H3/p+1. The first-order valence-corrected chi connectivity index (χ1v) is 10.2. The highest BCUT2D eigenvalue weighted by Gasteiger charge is 2.50. The van der Waals surface area contributed by atoms with Gasteiger partial charge in [-0.15, -0.1) is 13.2 Å². The van der Waals surface area contributed by atoms with Crippen molar-refractivity contribution in [2.24, 2.45) is 5.92 Å². The van der Waals surface area contributed by atoms with Crippen molar-refractivity contribution < 1.29 is 42.3 Å². The van der Waals surface area contributed by atoms with Gasteiger partial charge in [0.25, 0.3) is 5.69 Å². The van der Waals surface area contributed by atoms with Crippen LogP contribution in [0, 0.1) is 23.0 Å². The number of nitrogens with zero attached hydrogens (tertiary/aromatic N) is 2. The molecule has 1 amide bonds. The van der Waals surface area contributed by atoms with Crippen molar-refractivity contribution in [3.8, 4) is 5.75 Å². The summed E-state index contributed by atoms with van der Waals surface area (Å²) in [4.78, 5) is 35.4. The smallest absolute Gasteiger partial charge is 0.469 e. The molecule has 0 aromatic heterocycles. The molecule has 0 bridgehead atoms. The minimum Gasteiger partial charge on any atom is -0.469 e. The number of ether oxygens (including phenoxy) is 2. The van der Waals surface area contributed by atoms with Gasteiger partial charge < -0.3 is 14.6 Å². The van der Waals surface area contributed by atoms with Crippen molar-refractivity contribution in [3.05, 3.63) is 63.7 Å². The Morgan fingerprint density at radius 2 is 1.79 bits per heavy atom. The van der Waals surface area contributed by atoms with Gasteiger partial charge in [0.1, 0.15) is 30.4 Å². The average Bonchev–Trinajstić information content (AvgIpc) is 2.78. The number of halogens is 3. The van der Waals surface area contributed by atoms with Gasteiger partial charge in [0.15, 0.2) is 0 Å². The van der Waals surface area contributed by atoms with Gasteiger partial charge in [0.2, 0.25) is 0 Å². The van der Waals surface area contributed by atoms with Crippen LogP contribution in [0.3, 0.4) is 0 Å². The number of carbonyl (C=O) groups is 2. The molecule has 2 aromatic carbocycles. The Hall–Kier alpha value is -3.67. The number of non-ortho nitro benzene ring substituents is 1. The lowest BCUT2D eigenvalue weighted by atomic mass is 9.82. The Balaban J connectivity index is 2.05. The third-order valence-corrected chi connectivity index (χ3v) is 5.98. The second kappa shape index (κ2) is 9.29. The molecule has 182 valence electrons. The van der Waals surface area contributed by atoms with Crippen molar-refractivity contribution >= 4 is 23.4 Å². The molecule has 2 aromatic rings. The number of hydrogen-bond donors (Lipinski definition) is 1. The maximum Gasteiger partial charge on any atom is 0.573 e. The van der Waals surface area contributed by atoms with Gasteiger partial charge in [-0.1, -0.05) is 12.1 Å². The van der Waals surface area contributed by atoms with E-state index in [-0.39, 0.29) is 42.2 Å². The molecule has 12 heteroatoms. The summed E-state index contributed by atoms with van der Waals surface area (Å²) >= 11 is 0. The van der Waals surface area contributed by atoms with E-state index in [0.717, 1.165) is 6.07 Å². The van der Waals surface area contributed by atoms with E-state index in [1.165, 1.54) is 50.4 Å². The number of likely N-dealkylation sites (tertiary alicyclic amines) is 1. The van der Waals surface area contributed by atoms with E-state index in [4.69, 9.17) is 4.74 Å². The number of quaternary nitrogens is 1. The third kappa shape index (κ3) is 5.11. The number of benzene rings is 2. The summed E-state index contributed by atoms with van der Waals surface area (Å²) in [6.45, 7) is 1.25. The maximum absolute atomic E-state index is 12.6. The predicted octanol–water partition coefficient (Wildman–Crippen LogP) is 4.76. The number of nitro benzene ring substituents is 1. The zero-order chi connectivity index (χ0) is 25.3. The molecule has 1 heterocycles. The quantitative estimate of drug-likeness (QED) is 0.282. The normalized spacial score (nSPS) is 22.6. The summed E-state index contributed by atoms with van der Waals surface area (Å²) in [6.07, 6.45) is -5.93. The molecule has 1 fully saturated rings. The summed E-state index contributed by atoms with van der Waals surface area (Å²) in [5.74, 6) is -2.38. The summed E-state index contributed by atoms with van der Waals surface area (Å²) in [7, 11) is 1.18. The molecule has 34 heavy (non-hydrogen) atoms. The van der Waals surface area contributed by atoms with E-state index >= 15 is 0 Å². The molecule has 1 aliphatic heterocycles. The lowest BCUT2D eigenvalue weighted by Crippen LogP contribution is -2.62. The number of carbonyl (C=O) groups excluding carboxylic acids is 1. The number of aryl methyl sites for hydroxylation is 1. The lowest BCUT2D eigenvalue weighted by molar-refractivity contribution is -0.384. The van der Waals surface area contributed by atoms with Gasteiger partial charge in [-0.25, -0.2) is 0 Å². The number of hydrogen-bond acceptors (Lipinski definition) is 6. The molecule has 0 radical (unpaired) electrons. The van der Waals surface area contributed by atoms with Crippen molar-refractivity contribution in [1.82, 2.24) is 4.48 Å². The van der Waals surface area contributed by atoms with E-state index in [0.29, 0.717) is 5.56 Å². The molecule has 1 saturated heterocycles. The fraction of sp³-hybridized carbons (Fsp3) is 0.364. The summed E-state index contributed by atoms with van der Waals surface area (Å²) in [6, 6.07) is 9.05. The highest BCUT2D eigenvalue weighted by Crippen LogP contribution is 2.40. The molecular weight excluding hydrogens is 461 g/mol. The average molecular weight is 483 g/mol. The van der Waals surface area contributed by atoms with Gasteiger partial charge in [-0.3, -0.25) is 14.9 Å². The predicted molar refractivity (Wildman–Crippen MR) is 113 cm³/mol. The molecule has 0 aliphatic carbocycles. The minimum absolute atomic E-state index is 0.0282. The Morgan fingerprint density at radius 3 is 2.29 bits per heavy atom. The molecule has 3 atom stereocenters. The zero-order valence-electron chi connectivity index (χ0n) is 18.2. The van der Waals surface area contributed by atoms with Crippen molar-refractivity contribution in [2.45, 2.75) is 25.6 Å². The molecule has 3 rings (SSSR count). The number of piperidine rings is 1. The number of carboxylic acid groups (broad SMARTS) is 1. The minimum atomic E-state index is -4.86. The first-order chi connectivity index (χ1) is 15.9. The Labute approximate surface area is 192 Å². The van der Waals surface area contributed by atoms with Gasteiger partial charge in [-0.2, -0.15) is 9.28 Å². The maximum atomic E-state index is 12.6. The molecular formula is C22H22F3N2O7+. The highest BCUT2D eigenvalue weighted by atomic mass is 19.4. The second-order valence-electron chi connectivity index (χ2n) is 8.11. The van der Waals surface area contributed by atoms with Crippen molar-refractivity contribution in [2.75, 3.05) is 20.2 Å². The molecule has 0 spiro atoms. The van der Waals surface area contributed by atoms with Crippen LogP contribution in [0.4, 0.5) is 29.3 Å². The van der Waals surface area contributed by atoms with Gasteiger partial charge in [0, 0.05) is 30.2 Å². The number of alkyl halides is 3. The van der Waals surface area contributed by atoms with Crippen LogP contribution in [0.2, 0.25) is 0 Å². The van der Waals surface area contributed by atoms with E-state index in [1.54, 1.807) is 0 Å². The van der Waals surface area contributed by atoms with Crippen LogP contribution in [0.5, 0.6) is 5.75 Å². The Bertz CT molecular complexity index is 1100. The fourth-order valence-corrected chi connectivity index (χ4v) is 4.40. The summed E-state index contributed by atoms with van der Waals surface area (Å²) in [5.41, 5.74) is 0.733. The molecule has 1 N–H and O–H groups in total. The number of rotatable bonds is 5. The Morgan fingerprint density at radius 1 is 1.15 bits per heavy atom. The fourth-order valence-electron chi connectivity index (χ4n) is 4.40. The van der Waals surface area contributed by atoms with Crippen LogP contribution < -0.4 is 9.22 Å². The number of esters is 1. The van der Waals surface area contributed by atoms with Crippen LogP contribution in [0.25, 0.3) is 0 Å². The number of methoxy groups -OCH3 is 1. The van der Waals surface area contributed by atoms with E-state index in [9.17, 15) is 38.0 Å². The zero-order valence-corrected chi connectivity index (χ0v) is 18.2. The molecule has 1 aliphatic rings. The molecule has 9 nitrogen and oxygen atoms in total. The van der Waals surface area contributed by atoms with Crippen LogP contribution in [0.15, 0.2) is 42.5 Å². The number of amides is 1. The molecule has 0 saturated carbocycles. The van der Waals surface area contributed by atoms with Crippen molar-refractivity contribution in [3.63, 3.8) is 0 Å². The van der Waals surface area contributed by atoms with Crippen molar-refractivity contribution in [1.29, 1.82) is 0 Å². The largest absolute Gasteiger partial charge is 0.573 e. The SMILES string of the molecule is COC(=O)C1CC(c2ccc(OC(F)(F)F)c(C)c2)C[N+](C(=O)O)(c2ccc([N+](=O)[O-])cc2)C1. The first kappa shape index (κ1) is 25.0. The van der Waals surface area contributed by atoms with Gasteiger partial charge in [-0.05, 0) is 30.5 Å². The van der Waals surface area contributed by atoms with E-state index in [2.05, 4.69) is 4.74 Å². The van der Waals surface area contributed by atoms with Crippen LogP contribution in [-0.4, -0.2) is 48.7 Å². The van der Waals surface area contributed by atoms with Gasteiger partial charge in [0.05, 0.1) is 12.0 Å². The highest BCUT2D eigenvalue weighted by molar-refractivity contribution is 5.83. The van der Waals surface area contributed by atoms with Crippen LogP contribution in [-0.2, 0) is 9.53 Å². The summed E-state index contributed by atoms with van der Waals surface area (Å²) < 4.78 is 46.0. The van der Waals surface area contributed by atoms with Crippen LogP contribution >= 0.6 is 0 Å². The molecule has 3 unspecified atom stereocenters. The van der Waals surface area contributed by atoms with E-state index < -0.39 is 39.7 Å². The number of nitro groups is 1. The second-order valence-corrected chi connectivity index (χ2v) is 8.11. The third-order valence-electron chi connectivity index (χ3n) is 5.98. The monoisotopic (exact) mass is 483 g/mol.